The fraction of sp³-hybridized carbons (Fsp3) is 0.467. The monoisotopic (exact) mass is 280 g/mol. The quantitative estimate of drug-likeness (QED) is 0.891. The maximum absolute atomic E-state index is 13.1. The molecule has 110 valence electrons. The van der Waals surface area contributed by atoms with Crippen molar-refractivity contribution >= 4 is 11.8 Å². The van der Waals surface area contributed by atoms with Gasteiger partial charge in [-0.2, -0.15) is 0 Å². The molecule has 20 heavy (non-hydrogen) atoms. The lowest BCUT2D eigenvalue weighted by Crippen LogP contribution is -2.50. The average molecular weight is 280 g/mol. The number of nitrogens with one attached hydrogen (secondary N) is 2. The molecule has 0 radical (unpaired) electrons. The van der Waals surface area contributed by atoms with Crippen LogP contribution in [-0.4, -0.2) is 23.4 Å². The number of aryl methyl sites for hydroxylation is 1. The molecule has 1 aromatic carbocycles. The molecule has 0 aliphatic rings. The lowest BCUT2D eigenvalue weighted by atomic mass is 10.1. The summed E-state index contributed by atoms with van der Waals surface area (Å²) in [5.74, 6) is -1.02. The van der Waals surface area contributed by atoms with Gasteiger partial charge in [0.05, 0.1) is 0 Å². The lowest BCUT2D eigenvalue weighted by Gasteiger charge is -2.23. The minimum Gasteiger partial charge on any atom is -0.350 e. The SMILES string of the molecule is Cc1cc(C(=O)NC(C)C(=O)NC(C)(C)C)ccc1F. The molecule has 0 saturated heterocycles. The summed E-state index contributed by atoms with van der Waals surface area (Å²) in [4.78, 5) is 23.8. The van der Waals surface area contributed by atoms with Gasteiger partial charge in [0.2, 0.25) is 5.91 Å². The molecule has 1 unspecified atom stereocenters. The topological polar surface area (TPSA) is 58.2 Å². The van der Waals surface area contributed by atoms with Crippen molar-refractivity contribution in [3.05, 3.63) is 35.1 Å². The molecule has 0 aliphatic heterocycles. The lowest BCUT2D eigenvalue weighted by molar-refractivity contribution is -0.124. The van der Waals surface area contributed by atoms with Crippen molar-refractivity contribution in [3.63, 3.8) is 0 Å². The van der Waals surface area contributed by atoms with Gasteiger partial charge in [-0.1, -0.05) is 0 Å². The number of halogens is 1. The predicted octanol–water partition coefficient (Wildman–Crippen LogP) is 2.17. The Labute approximate surface area is 118 Å². The van der Waals surface area contributed by atoms with E-state index in [-0.39, 0.29) is 17.3 Å². The Hall–Kier alpha value is -1.91. The van der Waals surface area contributed by atoms with E-state index in [9.17, 15) is 14.0 Å². The fourth-order valence-electron chi connectivity index (χ4n) is 1.61. The molecule has 0 spiro atoms. The van der Waals surface area contributed by atoms with E-state index in [1.165, 1.54) is 18.2 Å². The summed E-state index contributed by atoms with van der Waals surface area (Å²) in [6, 6.07) is 3.43. The summed E-state index contributed by atoms with van der Waals surface area (Å²) in [5.41, 5.74) is 0.367. The number of carbonyl (C=O) groups excluding carboxylic acids is 2. The van der Waals surface area contributed by atoms with Gasteiger partial charge in [0.25, 0.3) is 5.91 Å². The zero-order valence-corrected chi connectivity index (χ0v) is 12.5. The Morgan fingerprint density at radius 1 is 1.25 bits per heavy atom. The Morgan fingerprint density at radius 2 is 1.85 bits per heavy atom. The Morgan fingerprint density at radius 3 is 2.35 bits per heavy atom. The van der Waals surface area contributed by atoms with Crippen LogP contribution in [0.5, 0.6) is 0 Å². The van der Waals surface area contributed by atoms with Gasteiger partial charge in [-0.15, -0.1) is 0 Å². The molecule has 0 aromatic heterocycles. The van der Waals surface area contributed by atoms with Crippen LogP contribution in [0.4, 0.5) is 4.39 Å². The van der Waals surface area contributed by atoms with Crippen LogP contribution >= 0.6 is 0 Å². The van der Waals surface area contributed by atoms with Crippen molar-refractivity contribution in [1.82, 2.24) is 10.6 Å². The molecule has 2 amide bonds. The zero-order valence-electron chi connectivity index (χ0n) is 12.5. The van der Waals surface area contributed by atoms with Gasteiger partial charge < -0.3 is 10.6 Å². The first-order chi connectivity index (χ1) is 9.10. The first-order valence-electron chi connectivity index (χ1n) is 6.49. The van der Waals surface area contributed by atoms with Crippen molar-refractivity contribution in [2.24, 2.45) is 0 Å². The molecule has 0 bridgehead atoms. The molecule has 2 N–H and O–H groups in total. The smallest absolute Gasteiger partial charge is 0.251 e. The van der Waals surface area contributed by atoms with E-state index in [2.05, 4.69) is 10.6 Å². The summed E-state index contributed by atoms with van der Waals surface area (Å²) in [6.45, 7) is 8.78. The molecular weight excluding hydrogens is 259 g/mol. The van der Waals surface area contributed by atoms with Crippen LogP contribution in [0.15, 0.2) is 18.2 Å². The van der Waals surface area contributed by atoms with Crippen LogP contribution in [0.3, 0.4) is 0 Å². The molecule has 0 fully saturated rings. The number of benzene rings is 1. The standard InChI is InChI=1S/C15H21FN2O2/c1-9-8-11(6-7-12(9)16)14(20)17-10(2)13(19)18-15(3,4)5/h6-8,10H,1-5H3,(H,17,20)(H,18,19). The third kappa shape index (κ3) is 4.64. The van der Waals surface area contributed by atoms with Crippen LogP contribution in [0.25, 0.3) is 0 Å². The Bertz CT molecular complexity index is 521. The van der Waals surface area contributed by atoms with Crippen LogP contribution in [-0.2, 0) is 4.79 Å². The van der Waals surface area contributed by atoms with Crippen LogP contribution in [0.2, 0.25) is 0 Å². The van der Waals surface area contributed by atoms with E-state index >= 15 is 0 Å². The van der Waals surface area contributed by atoms with Crippen molar-refractivity contribution in [1.29, 1.82) is 0 Å². The summed E-state index contributed by atoms with van der Waals surface area (Å²) < 4.78 is 13.1. The maximum Gasteiger partial charge on any atom is 0.251 e. The predicted molar refractivity (Wildman–Crippen MR) is 76.0 cm³/mol. The second-order valence-corrected chi connectivity index (χ2v) is 5.90. The zero-order chi connectivity index (χ0) is 15.5. The van der Waals surface area contributed by atoms with Crippen molar-refractivity contribution in [2.45, 2.75) is 46.2 Å². The van der Waals surface area contributed by atoms with Gasteiger partial charge in [-0.25, -0.2) is 4.39 Å². The number of hydrogen-bond donors (Lipinski definition) is 2. The molecule has 4 nitrogen and oxygen atoms in total. The molecule has 1 aromatic rings. The highest BCUT2D eigenvalue weighted by Crippen LogP contribution is 2.09. The molecule has 1 rings (SSSR count). The number of amides is 2. The minimum absolute atomic E-state index is 0.260. The fourth-order valence-corrected chi connectivity index (χ4v) is 1.61. The van der Waals surface area contributed by atoms with Crippen molar-refractivity contribution in [2.75, 3.05) is 0 Å². The van der Waals surface area contributed by atoms with Crippen molar-refractivity contribution < 1.29 is 14.0 Å². The summed E-state index contributed by atoms with van der Waals surface area (Å²) in [5, 5.41) is 5.37. The number of hydrogen-bond acceptors (Lipinski definition) is 2. The minimum atomic E-state index is -0.660. The summed E-state index contributed by atoms with van der Waals surface area (Å²) in [7, 11) is 0. The van der Waals surface area contributed by atoms with E-state index < -0.39 is 11.9 Å². The van der Waals surface area contributed by atoms with Gasteiger partial charge in [-0.05, 0) is 58.4 Å². The number of rotatable bonds is 3. The van der Waals surface area contributed by atoms with Gasteiger partial charge in [0.15, 0.2) is 0 Å². The van der Waals surface area contributed by atoms with E-state index in [0.717, 1.165) is 0 Å². The maximum atomic E-state index is 13.1. The molecule has 0 heterocycles. The van der Waals surface area contributed by atoms with Gasteiger partial charge in [0.1, 0.15) is 11.9 Å². The average Bonchev–Trinajstić information content (AvgIpc) is 2.30. The van der Waals surface area contributed by atoms with Crippen LogP contribution in [0.1, 0.15) is 43.6 Å². The van der Waals surface area contributed by atoms with E-state index in [4.69, 9.17) is 0 Å². The molecule has 0 aliphatic carbocycles. The van der Waals surface area contributed by atoms with Gasteiger partial charge >= 0.3 is 0 Å². The van der Waals surface area contributed by atoms with Crippen LogP contribution in [0, 0.1) is 12.7 Å². The normalized spacial score (nSPS) is 12.7. The molecular formula is C15H21FN2O2. The first kappa shape index (κ1) is 16.1. The third-order valence-electron chi connectivity index (χ3n) is 2.66. The van der Waals surface area contributed by atoms with E-state index in [1.807, 2.05) is 20.8 Å². The highest BCUT2D eigenvalue weighted by molar-refractivity contribution is 5.97. The first-order valence-corrected chi connectivity index (χ1v) is 6.49. The molecule has 1 atom stereocenters. The number of carbonyl (C=O) groups is 2. The summed E-state index contributed by atoms with van der Waals surface area (Å²) >= 11 is 0. The Balaban J connectivity index is 2.70. The second kappa shape index (κ2) is 6.03. The van der Waals surface area contributed by atoms with Gasteiger partial charge in [0, 0.05) is 11.1 Å². The second-order valence-electron chi connectivity index (χ2n) is 5.90. The van der Waals surface area contributed by atoms with Crippen molar-refractivity contribution in [3.8, 4) is 0 Å². The highest BCUT2D eigenvalue weighted by Gasteiger charge is 2.21. The molecule has 5 heteroatoms. The highest BCUT2D eigenvalue weighted by atomic mass is 19.1. The van der Waals surface area contributed by atoms with Crippen LogP contribution < -0.4 is 10.6 Å². The summed E-state index contributed by atoms with van der Waals surface area (Å²) in [6.07, 6.45) is 0. The van der Waals surface area contributed by atoms with E-state index in [1.54, 1.807) is 13.8 Å². The Kier molecular flexibility index (Phi) is 4.87. The van der Waals surface area contributed by atoms with E-state index in [0.29, 0.717) is 11.1 Å². The third-order valence-corrected chi connectivity index (χ3v) is 2.66. The largest absolute Gasteiger partial charge is 0.350 e. The molecule has 0 saturated carbocycles. The van der Waals surface area contributed by atoms with Gasteiger partial charge in [-0.3, -0.25) is 9.59 Å².